The van der Waals surface area contributed by atoms with E-state index in [1.165, 1.54) is 0 Å². The number of nitrogens with one attached hydrogen (secondary N) is 2. The lowest BCUT2D eigenvalue weighted by molar-refractivity contribution is -0.133. The molecule has 0 saturated carbocycles. The van der Waals surface area contributed by atoms with E-state index >= 15 is 0 Å². The van der Waals surface area contributed by atoms with Crippen molar-refractivity contribution in [1.29, 1.82) is 0 Å². The molecule has 1 fully saturated rings. The second kappa shape index (κ2) is 6.54. The SMILES string of the molecule is O=C(CC1C=CCC1)NCC(=O)N1CCNCC1. The molecule has 0 spiro atoms. The minimum atomic E-state index is -0.0185. The van der Waals surface area contributed by atoms with Crippen LogP contribution in [0.4, 0.5) is 0 Å². The summed E-state index contributed by atoms with van der Waals surface area (Å²) in [7, 11) is 0. The van der Waals surface area contributed by atoms with Gasteiger partial charge in [0.25, 0.3) is 0 Å². The largest absolute Gasteiger partial charge is 0.347 e. The van der Waals surface area contributed by atoms with Gasteiger partial charge in [-0.25, -0.2) is 0 Å². The smallest absolute Gasteiger partial charge is 0.242 e. The van der Waals surface area contributed by atoms with Crippen LogP contribution in [0.3, 0.4) is 0 Å². The van der Waals surface area contributed by atoms with Gasteiger partial charge in [-0.3, -0.25) is 9.59 Å². The van der Waals surface area contributed by atoms with Gasteiger partial charge < -0.3 is 15.5 Å². The van der Waals surface area contributed by atoms with E-state index in [-0.39, 0.29) is 18.4 Å². The number of hydrogen-bond acceptors (Lipinski definition) is 3. The van der Waals surface area contributed by atoms with Gasteiger partial charge in [-0.15, -0.1) is 0 Å². The van der Waals surface area contributed by atoms with Crippen LogP contribution in [0.5, 0.6) is 0 Å². The summed E-state index contributed by atoms with van der Waals surface area (Å²) in [6.45, 7) is 3.29. The first-order valence-corrected chi connectivity index (χ1v) is 6.67. The number of allylic oxidation sites excluding steroid dienone is 2. The number of nitrogens with zero attached hydrogens (tertiary/aromatic N) is 1. The molecule has 0 aromatic rings. The van der Waals surface area contributed by atoms with E-state index in [1.54, 1.807) is 4.90 Å². The molecule has 1 heterocycles. The van der Waals surface area contributed by atoms with Crippen molar-refractivity contribution < 1.29 is 9.59 Å². The van der Waals surface area contributed by atoms with Crippen molar-refractivity contribution in [2.45, 2.75) is 19.3 Å². The Morgan fingerprint density at radius 1 is 1.33 bits per heavy atom. The Balaban J connectivity index is 1.65. The number of hydrogen-bond donors (Lipinski definition) is 2. The quantitative estimate of drug-likeness (QED) is 0.685. The molecule has 2 N–H and O–H groups in total. The van der Waals surface area contributed by atoms with Gasteiger partial charge in [-0.05, 0) is 18.8 Å². The predicted octanol–water partition coefficient (Wildman–Crippen LogP) is -0.109. The highest BCUT2D eigenvalue weighted by Crippen LogP contribution is 2.19. The Morgan fingerprint density at radius 3 is 2.78 bits per heavy atom. The Hall–Kier alpha value is -1.36. The summed E-state index contributed by atoms with van der Waals surface area (Å²) in [5.41, 5.74) is 0. The summed E-state index contributed by atoms with van der Waals surface area (Å²) < 4.78 is 0. The van der Waals surface area contributed by atoms with Gasteiger partial charge in [-0.2, -0.15) is 0 Å². The summed E-state index contributed by atoms with van der Waals surface area (Å²) in [5, 5.41) is 5.92. The zero-order valence-electron chi connectivity index (χ0n) is 10.7. The number of carbonyl (C=O) groups is 2. The maximum absolute atomic E-state index is 11.8. The lowest BCUT2D eigenvalue weighted by Crippen LogP contribution is -2.49. The molecule has 1 aliphatic carbocycles. The molecule has 0 aromatic carbocycles. The minimum Gasteiger partial charge on any atom is -0.347 e. The molecule has 2 amide bonds. The van der Waals surface area contributed by atoms with Crippen LogP contribution in [0, 0.1) is 5.92 Å². The van der Waals surface area contributed by atoms with Crippen molar-refractivity contribution in [3.63, 3.8) is 0 Å². The van der Waals surface area contributed by atoms with Gasteiger partial charge in [0, 0.05) is 32.6 Å². The molecule has 0 radical (unpaired) electrons. The topological polar surface area (TPSA) is 61.4 Å². The Labute approximate surface area is 108 Å². The third-order valence-corrected chi connectivity index (χ3v) is 3.47. The molecular weight excluding hydrogens is 230 g/mol. The van der Waals surface area contributed by atoms with E-state index < -0.39 is 0 Å². The fourth-order valence-electron chi connectivity index (χ4n) is 2.38. The van der Waals surface area contributed by atoms with Crippen molar-refractivity contribution >= 4 is 11.8 Å². The molecule has 1 saturated heterocycles. The van der Waals surface area contributed by atoms with Crippen LogP contribution in [-0.4, -0.2) is 49.4 Å². The maximum atomic E-state index is 11.8. The fourth-order valence-corrected chi connectivity index (χ4v) is 2.38. The van der Waals surface area contributed by atoms with E-state index in [2.05, 4.69) is 22.8 Å². The minimum absolute atomic E-state index is 0.0185. The molecular formula is C13H21N3O2. The standard InChI is InChI=1S/C13H21N3O2/c17-12(9-11-3-1-2-4-11)15-10-13(18)16-7-5-14-6-8-16/h1,3,11,14H,2,4-10H2,(H,15,17). The van der Waals surface area contributed by atoms with E-state index in [1.807, 2.05) is 0 Å². The average molecular weight is 251 g/mol. The van der Waals surface area contributed by atoms with Gasteiger partial charge in [0.05, 0.1) is 6.54 Å². The molecule has 0 aromatic heterocycles. The van der Waals surface area contributed by atoms with Crippen LogP contribution >= 0.6 is 0 Å². The van der Waals surface area contributed by atoms with Crippen molar-refractivity contribution in [1.82, 2.24) is 15.5 Å². The average Bonchev–Trinajstić information content (AvgIpc) is 2.90. The Bertz CT molecular complexity index is 335. The van der Waals surface area contributed by atoms with E-state index in [0.717, 1.165) is 39.0 Å². The van der Waals surface area contributed by atoms with Gasteiger partial charge in [0.15, 0.2) is 0 Å². The summed E-state index contributed by atoms with van der Waals surface area (Å²) in [6, 6.07) is 0. The third-order valence-electron chi connectivity index (χ3n) is 3.47. The zero-order chi connectivity index (χ0) is 12.8. The number of carbonyl (C=O) groups excluding carboxylic acids is 2. The van der Waals surface area contributed by atoms with Gasteiger partial charge in [0.1, 0.15) is 0 Å². The second-order valence-corrected chi connectivity index (χ2v) is 4.88. The Kier molecular flexibility index (Phi) is 4.75. The molecule has 1 unspecified atom stereocenters. The number of rotatable bonds is 4. The van der Waals surface area contributed by atoms with Crippen molar-refractivity contribution in [3.05, 3.63) is 12.2 Å². The molecule has 1 aliphatic heterocycles. The van der Waals surface area contributed by atoms with Crippen LogP contribution in [0.25, 0.3) is 0 Å². The van der Waals surface area contributed by atoms with E-state index in [9.17, 15) is 9.59 Å². The van der Waals surface area contributed by atoms with E-state index in [0.29, 0.717) is 12.3 Å². The second-order valence-electron chi connectivity index (χ2n) is 4.88. The lowest BCUT2D eigenvalue weighted by Gasteiger charge is -2.27. The van der Waals surface area contributed by atoms with Crippen LogP contribution in [0.2, 0.25) is 0 Å². The van der Waals surface area contributed by atoms with Crippen LogP contribution < -0.4 is 10.6 Å². The lowest BCUT2D eigenvalue weighted by atomic mass is 10.1. The highest BCUT2D eigenvalue weighted by molar-refractivity contribution is 5.85. The van der Waals surface area contributed by atoms with Crippen molar-refractivity contribution in [2.75, 3.05) is 32.7 Å². The number of amides is 2. The van der Waals surface area contributed by atoms with Crippen molar-refractivity contribution in [2.24, 2.45) is 5.92 Å². The molecule has 2 aliphatic rings. The maximum Gasteiger partial charge on any atom is 0.242 e. The summed E-state index contributed by atoms with van der Waals surface area (Å²) in [6.07, 6.45) is 6.84. The predicted molar refractivity (Wildman–Crippen MR) is 68.9 cm³/mol. The molecule has 2 rings (SSSR count). The van der Waals surface area contributed by atoms with Crippen LogP contribution in [-0.2, 0) is 9.59 Å². The molecule has 18 heavy (non-hydrogen) atoms. The molecule has 1 atom stereocenters. The van der Waals surface area contributed by atoms with E-state index in [4.69, 9.17) is 0 Å². The normalized spacial score (nSPS) is 23.1. The molecule has 0 bridgehead atoms. The number of piperazine rings is 1. The zero-order valence-corrected chi connectivity index (χ0v) is 10.7. The summed E-state index contributed by atoms with van der Waals surface area (Å²) in [4.78, 5) is 25.3. The molecule has 100 valence electrons. The van der Waals surface area contributed by atoms with Crippen molar-refractivity contribution in [3.8, 4) is 0 Å². The van der Waals surface area contributed by atoms with Gasteiger partial charge >= 0.3 is 0 Å². The fraction of sp³-hybridized carbons (Fsp3) is 0.692. The highest BCUT2D eigenvalue weighted by atomic mass is 16.2. The Morgan fingerprint density at radius 2 is 2.11 bits per heavy atom. The third kappa shape index (κ3) is 3.84. The monoisotopic (exact) mass is 251 g/mol. The molecule has 5 heteroatoms. The summed E-state index contributed by atoms with van der Waals surface area (Å²) >= 11 is 0. The van der Waals surface area contributed by atoms with Gasteiger partial charge in [0.2, 0.25) is 11.8 Å². The summed E-state index contributed by atoms with van der Waals surface area (Å²) in [5.74, 6) is 0.362. The molecule has 5 nitrogen and oxygen atoms in total. The first-order chi connectivity index (χ1) is 8.75. The highest BCUT2D eigenvalue weighted by Gasteiger charge is 2.18. The first kappa shape index (κ1) is 13.1. The van der Waals surface area contributed by atoms with Crippen LogP contribution in [0.1, 0.15) is 19.3 Å². The van der Waals surface area contributed by atoms with Gasteiger partial charge in [-0.1, -0.05) is 12.2 Å². The van der Waals surface area contributed by atoms with Crippen LogP contribution in [0.15, 0.2) is 12.2 Å². The first-order valence-electron chi connectivity index (χ1n) is 6.67.